The van der Waals surface area contributed by atoms with E-state index in [1.54, 1.807) is 24.3 Å². The van der Waals surface area contributed by atoms with Gasteiger partial charge >= 0.3 is 0 Å². The minimum Gasteiger partial charge on any atom is -0.322 e. The number of anilines is 1. The maximum atomic E-state index is 12.3. The Morgan fingerprint density at radius 3 is 2.52 bits per heavy atom. The second kappa shape index (κ2) is 5.99. The summed E-state index contributed by atoms with van der Waals surface area (Å²) in [7, 11) is -3.30. The van der Waals surface area contributed by atoms with Gasteiger partial charge in [-0.25, -0.2) is 8.42 Å². The minimum atomic E-state index is -3.30. The van der Waals surface area contributed by atoms with Crippen molar-refractivity contribution >= 4 is 37.4 Å². The summed E-state index contributed by atoms with van der Waals surface area (Å²) in [6.07, 6.45) is 1.13. The van der Waals surface area contributed by atoms with Crippen LogP contribution in [-0.2, 0) is 9.84 Å². The normalized spacial score (nSPS) is 11.2. The van der Waals surface area contributed by atoms with Gasteiger partial charge in [0.25, 0.3) is 5.91 Å². The smallest absolute Gasteiger partial charge is 0.256 e. The number of hydrogen-bond acceptors (Lipinski definition) is 3. The van der Waals surface area contributed by atoms with Crippen molar-refractivity contribution in [1.29, 1.82) is 0 Å². The summed E-state index contributed by atoms with van der Waals surface area (Å²) < 4.78 is 23.7. The molecule has 0 heterocycles. The van der Waals surface area contributed by atoms with Gasteiger partial charge in [0.1, 0.15) is 0 Å². The molecule has 0 saturated heterocycles. The third kappa shape index (κ3) is 3.92. The van der Waals surface area contributed by atoms with E-state index < -0.39 is 9.84 Å². The second-order valence-electron chi connectivity index (χ2n) is 4.74. The summed E-state index contributed by atoms with van der Waals surface area (Å²) in [5.74, 6) is -0.295. The number of amides is 1. The van der Waals surface area contributed by atoms with E-state index in [0.29, 0.717) is 15.7 Å². The first kappa shape index (κ1) is 15.7. The van der Waals surface area contributed by atoms with Crippen LogP contribution in [-0.4, -0.2) is 20.6 Å². The number of aryl methyl sites for hydroxylation is 1. The van der Waals surface area contributed by atoms with Crippen molar-refractivity contribution < 1.29 is 13.2 Å². The van der Waals surface area contributed by atoms with Crippen LogP contribution in [0, 0.1) is 6.92 Å². The molecule has 1 N–H and O–H groups in total. The van der Waals surface area contributed by atoms with Crippen molar-refractivity contribution in [1.82, 2.24) is 0 Å². The van der Waals surface area contributed by atoms with Crippen LogP contribution in [0.5, 0.6) is 0 Å². The predicted molar refractivity (Wildman–Crippen MR) is 86.4 cm³/mol. The molecule has 0 aliphatic rings. The number of rotatable bonds is 3. The van der Waals surface area contributed by atoms with E-state index in [1.807, 2.05) is 13.0 Å². The summed E-state index contributed by atoms with van der Waals surface area (Å²) in [4.78, 5) is 12.4. The molecule has 1 amide bonds. The molecule has 0 unspecified atom stereocenters. The maximum Gasteiger partial charge on any atom is 0.256 e. The summed E-state index contributed by atoms with van der Waals surface area (Å²) in [6.45, 7) is 1.90. The third-order valence-electron chi connectivity index (χ3n) is 2.89. The fraction of sp³-hybridized carbons (Fsp3) is 0.133. The molecular weight excluding hydrogens is 354 g/mol. The Bertz CT molecular complexity index is 800. The lowest BCUT2D eigenvalue weighted by Gasteiger charge is -2.09. The van der Waals surface area contributed by atoms with Crippen LogP contribution < -0.4 is 5.32 Å². The van der Waals surface area contributed by atoms with Gasteiger partial charge in [-0.1, -0.05) is 17.7 Å². The zero-order valence-electron chi connectivity index (χ0n) is 11.6. The second-order valence-corrected chi connectivity index (χ2v) is 7.61. The van der Waals surface area contributed by atoms with Gasteiger partial charge in [0.05, 0.1) is 10.5 Å². The topological polar surface area (TPSA) is 63.2 Å². The van der Waals surface area contributed by atoms with E-state index in [1.165, 1.54) is 12.1 Å². The molecule has 6 heteroatoms. The zero-order valence-corrected chi connectivity index (χ0v) is 14.0. The first-order valence-corrected chi connectivity index (χ1v) is 8.83. The molecule has 0 saturated carbocycles. The average Bonchev–Trinajstić information content (AvgIpc) is 2.41. The molecule has 110 valence electrons. The number of nitrogens with one attached hydrogen (secondary N) is 1. The predicted octanol–water partition coefficient (Wildman–Crippen LogP) is 3.41. The van der Waals surface area contributed by atoms with Crippen molar-refractivity contribution in [2.45, 2.75) is 11.8 Å². The van der Waals surface area contributed by atoms with Gasteiger partial charge in [-0.15, -0.1) is 0 Å². The third-order valence-corrected chi connectivity index (χ3v) is 4.69. The molecule has 0 bridgehead atoms. The maximum absolute atomic E-state index is 12.3. The Balaban J connectivity index is 2.30. The van der Waals surface area contributed by atoms with Gasteiger partial charge in [-0.2, -0.15) is 0 Å². The first-order chi connectivity index (χ1) is 9.77. The lowest BCUT2D eigenvalue weighted by Crippen LogP contribution is -2.13. The molecule has 0 aliphatic heterocycles. The Kier molecular flexibility index (Phi) is 4.49. The average molecular weight is 368 g/mol. The highest BCUT2D eigenvalue weighted by atomic mass is 79.9. The van der Waals surface area contributed by atoms with Gasteiger partial charge in [0.15, 0.2) is 9.84 Å². The Morgan fingerprint density at radius 1 is 1.14 bits per heavy atom. The molecule has 2 aromatic carbocycles. The fourth-order valence-corrected chi connectivity index (χ4v) is 2.91. The van der Waals surface area contributed by atoms with E-state index in [-0.39, 0.29) is 10.8 Å². The molecule has 2 rings (SSSR count). The van der Waals surface area contributed by atoms with Gasteiger partial charge < -0.3 is 5.32 Å². The molecular formula is C15H14BrNO3S. The van der Waals surface area contributed by atoms with E-state index >= 15 is 0 Å². The standard InChI is InChI=1S/C15H14BrNO3S/c1-10-6-7-14(16)13(8-10)15(18)17-11-4-3-5-12(9-11)21(2,19)20/h3-9H,1-2H3,(H,17,18). The number of benzene rings is 2. The summed E-state index contributed by atoms with van der Waals surface area (Å²) in [5.41, 5.74) is 1.91. The monoisotopic (exact) mass is 367 g/mol. The first-order valence-electron chi connectivity index (χ1n) is 6.15. The van der Waals surface area contributed by atoms with Gasteiger partial charge in [-0.3, -0.25) is 4.79 Å². The van der Waals surface area contributed by atoms with Crippen LogP contribution in [0.3, 0.4) is 0 Å². The highest BCUT2D eigenvalue weighted by Crippen LogP contribution is 2.21. The molecule has 0 fully saturated rings. The summed E-state index contributed by atoms with van der Waals surface area (Å²) in [5, 5.41) is 2.71. The van der Waals surface area contributed by atoms with Crippen molar-refractivity contribution in [2.24, 2.45) is 0 Å². The van der Waals surface area contributed by atoms with Gasteiger partial charge in [0.2, 0.25) is 0 Å². The molecule has 0 atom stereocenters. The largest absolute Gasteiger partial charge is 0.322 e. The highest BCUT2D eigenvalue weighted by molar-refractivity contribution is 9.10. The number of sulfone groups is 1. The summed E-state index contributed by atoms with van der Waals surface area (Å²) >= 11 is 3.33. The lowest BCUT2D eigenvalue weighted by molar-refractivity contribution is 0.102. The van der Waals surface area contributed by atoms with Crippen LogP contribution in [0.25, 0.3) is 0 Å². The molecule has 0 radical (unpaired) electrons. The van der Waals surface area contributed by atoms with Gasteiger partial charge in [0, 0.05) is 16.4 Å². The van der Waals surface area contributed by atoms with Crippen molar-refractivity contribution in [3.8, 4) is 0 Å². The van der Waals surface area contributed by atoms with Crippen molar-refractivity contribution in [2.75, 3.05) is 11.6 Å². The molecule has 0 spiro atoms. The Labute approximate surface area is 132 Å². The van der Waals surface area contributed by atoms with E-state index in [0.717, 1.165) is 11.8 Å². The fourth-order valence-electron chi connectivity index (χ4n) is 1.82. The highest BCUT2D eigenvalue weighted by Gasteiger charge is 2.12. The molecule has 21 heavy (non-hydrogen) atoms. The SMILES string of the molecule is Cc1ccc(Br)c(C(=O)Nc2cccc(S(C)(=O)=O)c2)c1. The molecule has 0 aliphatic carbocycles. The Hall–Kier alpha value is -1.66. The minimum absolute atomic E-state index is 0.170. The van der Waals surface area contributed by atoms with Crippen LogP contribution in [0.4, 0.5) is 5.69 Å². The van der Waals surface area contributed by atoms with E-state index in [2.05, 4.69) is 21.2 Å². The van der Waals surface area contributed by atoms with Crippen molar-refractivity contribution in [3.63, 3.8) is 0 Å². The van der Waals surface area contributed by atoms with Crippen molar-refractivity contribution in [3.05, 3.63) is 58.1 Å². The summed E-state index contributed by atoms with van der Waals surface area (Å²) in [6, 6.07) is 11.6. The number of carbonyl (C=O) groups is 1. The molecule has 4 nitrogen and oxygen atoms in total. The Morgan fingerprint density at radius 2 is 1.86 bits per heavy atom. The number of hydrogen-bond donors (Lipinski definition) is 1. The van der Waals surface area contributed by atoms with E-state index in [9.17, 15) is 13.2 Å². The van der Waals surface area contributed by atoms with Crippen LogP contribution in [0.2, 0.25) is 0 Å². The zero-order chi connectivity index (χ0) is 15.6. The quantitative estimate of drug-likeness (QED) is 0.903. The number of carbonyl (C=O) groups excluding carboxylic acids is 1. The molecule has 0 aromatic heterocycles. The van der Waals surface area contributed by atoms with Crippen LogP contribution in [0.1, 0.15) is 15.9 Å². The number of halogens is 1. The van der Waals surface area contributed by atoms with Crippen LogP contribution in [0.15, 0.2) is 51.8 Å². The van der Waals surface area contributed by atoms with Gasteiger partial charge in [-0.05, 0) is 53.2 Å². The lowest BCUT2D eigenvalue weighted by atomic mass is 10.1. The molecule has 2 aromatic rings. The van der Waals surface area contributed by atoms with Crippen LogP contribution >= 0.6 is 15.9 Å². The van der Waals surface area contributed by atoms with E-state index in [4.69, 9.17) is 0 Å².